The lowest BCUT2D eigenvalue weighted by molar-refractivity contribution is 0.390. The topological polar surface area (TPSA) is 63.4 Å². The predicted octanol–water partition coefficient (Wildman–Crippen LogP) is 2.25. The molecule has 2 rings (SSSR count). The van der Waals surface area contributed by atoms with Crippen LogP contribution in [0.5, 0.6) is 0 Å². The van der Waals surface area contributed by atoms with Crippen LogP contribution in [0.25, 0.3) is 0 Å². The first-order valence-electron chi connectivity index (χ1n) is 5.96. The van der Waals surface area contributed by atoms with Crippen molar-refractivity contribution in [1.29, 1.82) is 0 Å². The second-order valence-corrected chi connectivity index (χ2v) is 6.51. The van der Waals surface area contributed by atoms with Crippen LogP contribution in [0.4, 0.5) is 4.39 Å². The first-order valence-corrected chi connectivity index (χ1v) is 7.40. The number of rotatable bonds is 4. The number of sulfonamides is 1. The van der Waals surface area contributed by atoms with Gasteiger partial charge in [-0.05, 0) is 26.0 Å². The minimum atomic E-state index is -3.89. The molecule has 5 nitrogen and oxygen atoms in total. The van der Waals surface area contributed by atoms with E-state index in [1.54, 1.807) is 13.8 Å². The minimum absolute atomic E-state index is 0.0812. The average molecular weight is 298 g/mol. The van der Waals surface area contributed by atoms with Crippen molar-refractivity contribution in [3.63, 3.8) is 0 Å². The number of aromatic nitrogens is 1. The number of nitrogens with zero attached hydrogens (tertiary/aromatic N) is 2. The molecule has 0 aliphatic carbocycles. The predicted molar refractivity (Wildman–Crippen MR) is 71.0 cm³/mol. The molecule has 108 valence electrons. The van der Waals surface area contributed by atoms with Gasteiger partial charge in [0, 0.05) is 19.2 Å². The molecule has 0 atom stereocenters. The second-order valence-electron chi connectivity index (χ2n) is 4.49. The zero-order chi connectivity index (χ0) is 14.9. The Morgan fingerprint density at radius 3 is 2.50 bits per heavy atom. The van der Waals surface area contributed by atoms with E-state index in [9.17, 15) is 12.8 Å². The SMILES string of the molecule is Cc1noc(C)c1CN(C)S(=O)(=O)c1ccccc1F. The summed E-state index contributed by atoms with van der Waals surface area (Å²) in [6, 6.07) is 5.30. The molecular weight excluding hydrogens is 283 g/mol. The molecule has 7 heteroatoms. The minimum Gasteiger partial charge on any atom is -0.361 e. The highest BCUT2D eigenvalue weighted by molar-refractivity contribution is 7.89. The Hall–Kier alpha value is -1.73. The van der Waals surface area contributed by atoms with E-state index >= 15 is 0 Å². The molecule has 0 saturated carbocycles. The van der Waals surface area contributed by atoms with Gasteiger partial charge in [-0.15, -0.1) is 0 Å². The standard InChI is InChI=1S/C13H15FN2O3S/c1-9-11(10(2)19-15-9)8-16(3)20(17,18)13-7-5-4-6-12(13)14/h4-7H,8H2,1-3H3. The molecule has 0 saturated heterocycles. The summed E-state index contributed by atoms with van der Waals surface area (Å²) in [7, 11) is -2.49. The molecule has 20 heavy (non-hydrogen) atoms. The van der Waals surface area contributed by atoms with E-state index in [-0.39, 0.29) is 11.4 Å². The van der Waals surface area contributed by atoms with Gasteiger partial charge in [-0.3, -0.25) is 0 Å². The van der Waals surface area contributed by atoms with Crippen molar-refractivity contribution in [1.82, 2.24) is 9.46 Å². The molecule has 1 aromatic heterocycles. The maximum Gasteiger partial charge on any atom is 0.246 e. The molecule has 0 bridgehead atoms. The average Bonchev–Trinajstić information content (AvgIpc) is 2.70. The Morgan fingerprint density at radius 1 is 1.30 bits per heavy atom. The lowest BCUT2D eigenvalue weighted by Crippen LogP contribution is -2.27. The molecule has 0 amide bonds. The Balaban J connectivity index is 2.34. The third-order valence-electron chi connectivity index (χ3n) is 3.09. The van der Waals surface area contributed by atoms with Gasteiger partial charge in [0.1, 0.15) is 16.5 Å². The lowest BCUT2D eigenvalue weighted by Gasteiger charge is -2.17. The number of benzene rings is 1. The van der Waals surface area contributed by atoms with E-state index in [0.717, 1.165) is 10.4 Å². The summed E-state index contributed by atoms with van der Waals surface area (Å²) in [6.45, 7) is 3.52. The summed E-state index contributed by atoms with van der Waals surface area (Å²) >= 11 is 0. The van der Waals surface area contributed by atoms with Crippen molar-refractivity contribution < 1.29 is 17.3 Å². The summed E-state index contributed by atoms with van der Waals surface area (Å²) in [5, 5.41) is 3.77. The van der Waals surface area contributed by atoms with Gasteiger partial charge in [0.25, 0.3) is 0 Å². The molecule has 0 N–H and O–H groups in total. The van der Waals surface area contributed by atoms with Crippen LogP contribution in [0.15, 0.2) is 33.7 Å². The molecule has 0 unspecified atom stereocenters. The van der Waals surface area contributed by atoms with E-state index in [2.05, 4.69) is 5.16 Å². The highest BCUT2D eigenvalue weighted by atomic mass is 32.2. The van der Waals surface area contributed by atoms with Gasteiger partial charge >= 0.3 is 0 Å². The molecule has 0 spiro atoms. The smallest absolute Gasteiger partial charge is 0.246 e. The molecule has 2 aromatic rings. The van der Waals surface area contributed by atoms with Crippen LogP contribution < -0.4 is 0 Å². The van der Waals surface area contributed by atoms with Crippen molar-refractivity contribution in [2.24, 2.45) is 0 Å². The van der Waals surface area contributed by atoms with E-state index < -0.39 is 15.8 Å². The third kappa shape index (κ3) is 2.59. The van der Waals surface area contributed by atoms with Gasteiger partial charge in [0.05, 0.1) is 5.69 Å². The summed E-state index contributed by atoms with van der Waals surface area (Å²) < 4.78 is 44.4. The van der Waals surface area contributed by atoms with E-state index in [1.165, 1.54) is 25.2 Å². The fourth-order valence-electron chi connectivity index (χ4n) is 1.86. The Labute approximate surface area is 117 Å². The molecule has 1 heterocycles. The van der Waals surface area contributed by atoms with Gasteiger partial charge in [-0.2, -0.15) is 4.31 Å². The maximum absolute atomic E-state index is 13.6. The van der Waals surface area contributed by atoms with Gasteiger partial charge < -0.3 is 4.52 Å². The Kier molecular flexibility index (Phi) is 3.92. The fourth-order valence-corrected chi connectivity index (χ4v) is 3.06. The molecule has 0 fully saturated rings. The van der Waals surface area contributed by atoms with E-state index in [4.69, 9.17) is 4.52 Å². The Morgan fingerprint density at radius 2 is 1.95 bits per heavy atom. The highest BCUT2D eigenvalue weighted by Crippen LogP contribution is 2.21. The molecule has 0 aliphatic heterocycles. The van der Waals surface area contributed by atoms with Crippen molar-refractivity contribution in [3.05, 3.63) is 47.1 Å². The summed E-state index contributed by atoms with van der Waals surface area (Å²) in [6.07, 6.45) is 0. The van der Waals surface area contributed by atoms with Gasteiger partial charge in [0.2, 0.25) is 10.0 Å². The lowest BCUT2D eigenvalue weighted by atomic mass is 10.2. The van der Waals surface area contributed by atoms with Crippen molar-refractivity contribution in [2.75, 3.05) is 7.05 Å². The van der Waals surface area contributed by atoms with Gasteiger partial charge in [0.15, 0.2) is 0 Å². The van der Waals surface area contributed by atoms with Gasteiger partial charge in [-0.25, -0.2) is 12.8 Å². The normalized spacial score (nSPS) is 12.1. The van der Waals surface area contributed by atoms with Crippen molar-refractivity contribution >= 4 is 10.0 Å². The number of halogens is 1. The molecule has 0 aliphatic rings. The highest BCUT2D eigenvalue weighted by Gasteiger charge is 2.25. The zero-order valence-corrected chi connectivity index (χ0v) is 12.2. The number of hydrogen-bond acceptors (Lipinski definition) is 4. The van der Waals surface area contributed by atoms with Gasteiger partial charge in [-0.1, -0.05) is 17.3 Å². The maximum atomic E-state index is 13.6. The van der Waals surface area contributed by atoms with Crippen LogP contribution >= 0.6 is 0 Å². The first kappa shape index (κ1) is 14.7. The number of aryl methyl sites for hydroxylation is 2. The van der Waals surface area contributed by atoms with Crippen molar-refractivity contribution in [2.45, 2.75) is 25.3 Å². The first-order chi connectivity index (χ1) is 9.34. The van der Waals surface area contributed by atoms with E-state index in [0.29, 0.717) is 17.0 Å². The van der Waals surface area contributed by atoms with E-state index in [1.807, 2.05) is 0 Å². The Bertz CT molecular complexity index is 705. The quantitative estimate of drug-likeness (QED) is 0.868. The molecule has 0 radical (unpaired) electrons. The molecular formula is C13H15FN2O3S. The van der Waals surface area contributed by atoms with Crippen molar-refractivity contribution in [3.8, 4) is 0 Å². The van der Waals surface area contributed by atoms with Crippen LogP contribution in [0, 0.1) is 19.7 Å². The van der Waals surface area contributed by atoms with Crippen LogP contribution in [0.1, 0.15) is 17.0 Å². The van der Waals surface area contributed by atoms with Crippen LogP contribution in [-0.2, 0) is 16.6 Å². The summed E-state index contributed by atoms with van der Waals surface area (Å²) in [5.74, 6) is -0.212. The van der Waals surface area contributed by atoms with Crippen LogP contribution in [0.3, 0.4) is 0 Å². The third-order valence-corrected chi connectivity index (χ3v) is 4.92. The van der Waals surface area contributed by atoms with Crippen LogP contribution in [-0.4, -0.2) is 24.9 Å². The summed E-state index contributed by atoms with van der Waals surface area (Å²) in [5.41, 5.74) is 1.31. The molecule has 1 aromatic carbocycles. The summed E-state index contributed by atoms with van der Waals surface area (Å²) in [4.78, 5) is -0.339. The monoisotopic (exact) mass is 298 g/mol. The number of hydrogen-bond donors (Lipinski definition) is 0. The largest absolute Gasteiger partial charge is 0.361 e. The van der Waals surface area contributed by atoms with Crippen LogP contribution in [0.2, 0.25) is 0 Å². The second kappa shape index (κ2) is 5.34. The zero-order valence-electron chi connectivity index (χ0n) is 11.4. The fraction of sp³-hybridized carbons (Fsp3) is 0.308.